The van der Waals surface area contributed by atoms with Gasteiger partial charge in [0.1, 0.15) is 0 Å². The summed E-state index contributed by atoms with van der Waals surface area (Å²) in [7, 11) is 4.50. The van der Waals surface area contributed by atoms with Crippen molar-refractivity contribution in [2.75, 3.05) is 27.9 Å². The predicted molar refractivity (Wildman–Crippen MR) is 108 cm³/mol. The number of rotatable bonds is 8. The summed E-state index contributed by atoms with van der Waals surface area (Å²) in [6.45, 7) is -0.276. The molecule has 1 amide bonds. The molecule has 0 radical (unpaired) electrons. The van der Waals surface area contributed by atoms with Crippen LogP contribution in [0.15, 0.2) is 47.1 Å². The SMILES string of the molecule is COc1ccc(C2=N/C(=C\c3ccc(OCC(N)=O)c(OC)c3)C(=O)O2)cc1OC. The first-order valence-corrected chi connectivity index (χ1v) is 8.79. The van der Waals surface area contributed by atoms with Gasteiger partial charge in [0.05, 0.1) is 21.3 Å². The van der Waals surface area contributed by atoms with Gasteiger partial charge in [0, 0.05) is 5.56 Å². The number of esters is 1. The first kappa shape index (κ1) is 20.7. The zero-order chi connectivity index (χ0) is 21.7. The third kappa shape index (κ3) is 4.52. The van der Waals surface area contributed by atoms with Gasteiger partial charge in [-0.3, -0.25) is 4.79 Å². The van der Waals surface area contributed by atoms with E-state index >= 15 is 0 Å². The Hall–Kier alpha value is -4.01. The van der Waals surface area contributed by atoms with E-state index in [0.29, 0.717) is 34.1 Å². The maximum Gasteiger partial charge on any atom is 0.363 e. The molecule has 3 rings (SSSR count). The summed E-state index contributed by atoms with van der Waals surface area (Å²) in [5.41, 5.74) is 6.40. The topological polar surface area (TPSA) is 119 Å². The van der Waals surface area contributed by atoms with Crippen LogP contribution in [0.4, 0.5) is 0 Å². The summed E-state index contributed by atoms with van der Waals surface area (Å²) in [6, 6.07) is 10.0. The summed E-state index contributed by atoms with van der Waals surface area (Å²) in [4.78, 5) is 27.4. The fourth-order valence-corrected chi connectivity index (χ4v) is 2.70. The second-order valence-corrected chi connectivity index (χ2v) is 6.07. The standard InChI is InChI=1S/C21H20N2O7/c1-26-15-7-5-13(10-18(15)28-3)20-23-14(21(25)30-20)8-12-4-6-16(17(9-12)27-2)29-11-19(22)24/h4-10H,11H2,1-3H3,(H2,22,24)/b14-8-. The van der Waals surface area contributed by atoms with Gasteiger partial charge in [-0.05, 0) is 42.0 Å². The molecule has 156 valence electrons. The summed E-state index contributed by atoms with van der Waals surface area (Å²) < 4.78 is 26.3. The van der Waals surface area contributed by atoms with Gasteiger partial charge >= 0.3 is 5.97 Å². The number of amides is 1. The van der Waals surface area contributed by atoms with Gasteiger partial charge in [0.2, 0.25) is 5.90 Å². The Balaban J connectivity index is 1.88. The number of ether oxygens (including phenoxy) is 5. The number of carbonyl (C=O) groups excluding carboxylic acids is 2. The molecule has 0 aromatic heterocycles. The highest BCUT2D eigenvalue weighted by molar-refractivity contribution is 6.13. The Kier molecular flexibility index (Phi) is 6.21. The number of aliphatic imine (C=N–C) groups is 1. The molecule has 2 N–H and O–H groups in total. The van der Waals surface area contributed by atoms with Crippen LogP contribution in [0.3, 0.4) is 0 Å². The smallest absolute Gasteiger partial charge is 0.363 e. The highest BCUT2D eigenvalue weighted by atomic mass is 16.6. The van der Waals surface area contributed by atoms with Crippen LogP contribution in [-0.4, -0.2) is 45.7 Å². The lowest BCUT2D eigenvalue weighted by molar-refractivity contribution is -0.130. The Morgan fingerprint density at radius 2 is 1.67 bits per heavy atom. The largest absolute Gasteiger partial charge is 0.493 e. The highest BCUT2D eigenvalue weighted by Crippen LogP contribution is 2.31. The maximum absolute atomic E-state index is 12.3. The number of cyclic esters (lactones) is 1. The van der Waals surface area contributed by atoms with Crippen LogP contribution in [0.1, 0.15) is 11.1 Å². The number of nitrogens with two attached hydrogens (primary N) is 1. The molecule has 30 heavy (non-hydrogen) atoms. The molecular weight excluding hydrogens is 392 g/mol. The fraction of sp³-hybridized carbons (Fsp3) is 0.190. The zero-order valence-electron chi connectivity index (χ0n) is 16.6. The van der Waals surface area contributed by atoms with E-state index in [1.54, 1.807) is 42.5 Å². The van der Waals surface area contributed by atoms with Crippen molar-refractivity contribution in [3.05, 3.63) is 53.2 Å². The molecular formula is C21H20N2O7. The molecule has 0 saturated heterocycles. The monoisotopic (exact) mass is 412 g/mol. The molecule has 1 heterocycles. The van der Waals surface area contributed by atoms with Crippen LogP contribution < -0.4 is 24.7 Å². The molecule has 1 aliphatic heterocycles. The number of benzene rings is 2. The second kappa shape index (κ2) is 8.99. The molecule has 9 nitrogen and oxygen atoms in total. The van der Waals surface area contributed by atoms with Crippen LogP contribution in [0, 0.1) is 0 Å². The lowest BCUT2D eigenvalue weighted by atomic mass is 10.1. The van der Waals surface area contributed by atoms with Crippen LogP contribution in [0.2, 0.25) is 0 Å². The number of methoxy groups -OCH3 is 3. The molecule has 2 aromatic rings. The lowest BCUT2D eigenvalue weighted by Crippen LogP contribution is -2.20. The number of hydrogen-bond acceptors (Lipinski definition) is 8. The number of primary amides is 1. The van der Waals surface area contributed by atoms with E-state index in [1.807, 2.05) is 0 Å². The number of hydrogen-bond donors (Lipinski definition) is 1. The van der Waals surface area contributed by atoms with Gasteiger partial charge in [0.15, 0.2) is 35.3 Å². The minimum absolute atomic E-state index is 0.118. The molecule has 0 atom stereocenters. The average molecular weight is 412 g/mol. The van der Waals surface area contributed by atoms with Crippen molar-refractivity contribution in [1.82, 2.24) is 0 Å². The highest BCUT2D eigenvalue weighted by Gasteiger charge is 2.25. The Bertz CT molecular complexity index is 1040. The molecule has 2 aromatic carbocycles. The van der Waals surface area contributed by atoms with Crippen LogP contribution in [0.5, 0.6) is 23.0 Å². The van der Waals surface area contributed by atoms with E-state index in [0.717, 1.165) is 0 Å². The first-order valence-electron chi connectivity index (χ1n) is 8.79. The molecule has 0 spiro atoms. The van der Waals surface area contributed by atoms with Gasteiger partial charge in [-0.2, -0.15) is 0 Å². The molecule has 0 bridgehead atoms. The average Bonchev–Trinajstić information content (AvgIpc) is 3.12. The molecule has 1 aliphatic rings. The molecule has 0 fully saturated rings. The third-order valence-corrected chi connectivity index (χ3v) is 4.11. The van der Waals surface area contributed by atoms with Crippen LogP contribution >= 0.6 is 0 Å². The van der Waals surface area contributed by atoms with Gasteiger partial charge < -0.3 is 29.4 Å². The molecule has 0 unspecified atom stereocenters. The summed E-state index contributed by atoms with van der Waals surface area (Å²) in [5, 5.41) is 0. The van der Waals surface area contributed by atoms with Crippen molar-refractivity contribution in [2.45, 2.75) is 0 Å². The zero-order valence-corrected chi connectivity index (χ0v) is 16.6. The minimum Gasteiger partial charge on any atom is -0.493 e. The molecule has 9 heteroatoms. The van der Waals surface area contributed by atoms with Gasteiger partial charge in [-0.1, -0.05) is 6.07 Å². The summed E-state index contributed by atoms with van der Waals surface area (Å²) in [6.07, 6.45) is 1.55. The summed E-state index contributed by atoms with van der Waals surface area (Å²) >= 11 is 0. The van der Waals surface area contributed by atoms with Crippen molar-refractivity contribution >= 4 is 23.9 Å². The van der Waals surface area contributed by atoms with Crippen molar-refractivity contribution in [2.24, 2.45) is 10.7 Å². The van der Waals surface area contributed by atoms with Crippen molar-refractivity contribution in [3.63, 3.8) is 0 Å². The normalized spacial score (nSPS) is 14.2. The van der Waals surface area contributed by atoms with E-state index in [4.69, 9.17) is 29.4 Å². The van der Waals surface area contributed by atoms with Crippen LogP contribution in [0.25, 0.3) is 6.08 Å². The van der Waals surface area contributed by atoms with E-state index in [1.165, 1.54) is 21.3 Å². The van der Waals surface area contributed by atoms with Gasteiger partial charge in [-0.25, -0.2) is 9.79 Å². The predicted octanol–water partition coefficient (Wildman–Crippen LogP) is 1.92. The van der Waals surface area contributed by atoms with E-state index in [2.05, 4.69) is 4.99 Å². The quantitative estimate of drug-likeness (QED) is 0.520. The number of carbonyl (C=O) groups is 2. The summed E-state index contributed by atoms with van der Waals surface area (Å²) in [5.74, 6) is 0.723. The fourth-order valence-electron chi connectivity index (χ4n) is 2.70. The Labute approximate surface area is 172 Å². The van der Waals surface area contributed by atoms with Gasteiger partial charge in [-0.15, -0.1) is 0 Å². The van der Waals surface area contributed by atoms with Crippen LogP contribution in [-0.2, 0) is 14.3 Å². The van der Waals surface area contributed by atoms with E-state index < -0.39 is 11.9 Å². The minimum atomic E-state index is -0.603. The Morgan fingerprint density at radius 1 is 1.00 bits per heavy atom. The van der Waals surface area contributed by atoms with Crippen molar-refractivity contribution in [3.8, 4) is 23.0 Å². The maximum atomic E-state index is 12.3. The van der Waals surface area contributed by atoms with Crippen molar-refractivity contribution < 1.29 is 33.3 Å². The molecule has 0 aliphatic carbocycles. The van der Waals surface area contributed by atoms with Crippen molar-refractivity contribution in [1.29, 1.82) is 0 Å². The Morgan fingerprint density at radius 3 is 2.33 bits per heavy atom. The van der Waals surface area contributed by atoms with E-state index in [-0.39, 0.29) is 18.2 Å². The number of nitrogens with zero attached hydrogens (tertiary/aromatic N) is 1. The lowest BCUT2D eigenvalue weighted by Gasteiger charge is -2.09. The van der Waals surface area contributed by atoms with Gasteiger partial charge in [0.25, 0.3) is 5.91 Å². The van der Waals surface area contributed by atoms with E-state index in [9.17, 15) is 9.59 Å². The third-order valence-electron chi connectivity index (χ3n) is 4.11. The first-order chi connectivity index (χ1) is 14.4. The molecule has 0 saturated carbocycles. The second-order valence-electron chi connectivity index (χ2n) is 6.07.